The van der Waals surface area contributed by atoms with Crippen LogP contribution in [-0.2, 0) is 16.0 Å². The van der Waals surface area contributed by atoms with E-state index < -0.39 is 0 Å². The number of benzene rings is 1. The lowest BCUT2D eigenvalue weighted by Gasteiger charge is -2.23. The molecule has 1 aliphatic heterocycles. The zero-order valence-corrected chi connectivity index (χ0v) is 16.4. The Balaban J connectivity index is 1.77. The molecule has 26 heavy (non-hydrogen) atoms. The second-order valence-corrected chi connectivity index (χ2v) is 6.56. The third-order valence-electron chi connectivity index (χ3n) is 4.38. The highest BCUT2D eigenvalue weighted by Crippen LogP contribution is 2.18. The second kappa shape index (κ2) is 11.8. The van der Waals surface area contributed by atoms with Gasteiger partial charge in [0, 0.05) is 51.4 Å². The van der Waals surface area contributed by atoms with Gasteiger partial charge in [0.1, 0.15) is 5.75 Å². The lowest BCUT2D eigenvalue weighted by Crippen LogP contribution is -2.38. The highest BCUT2D eigenvalue weighted by molar-refractivity contribution is 5.79. The second-order valence-electron chi connectivity index (χ2n) is 6.56. The number of nitrogens with zero attached hydrogens (tertiary/aromatic N) is 2. The van der Waals surface area contributed by atoms with E-state index >= 15 is 0 Å². The molecule has 1 aliphatic rings. The number of nitrogens with one attached hydrogen (secondary N) is 1. The van der Waals surface area contributed by atoms with Crippen molar-refractivity contribution >= 4 is 5.96 Å². The number of hydrogen-bond donors (Lipinski definition) is 1. The summed E-state index contributed by atoms with van der Waals surface area (Å²) in [4.78, 5) is 6.84. The van der Waals surface area contributed by atoms with Gasteiger partial charge < -0.3 is 24.4 Å². The number of guanidine groups is 1. The number of rotatable bonds is 10. The van der Waals surface area contributed by atoms with Crippen molar-refractivity contribution in [3.63, 3.8) is 0 Å². The first-order valence-corrected chi connectivity index (χ1v) is 9.51. The van der Waals surface area contributed by atoms with E-state index in [9.17, 15) is 0 Å². The van der Waals surface area contributed by atoms with Gasteiger partial charge in [0.2, 0.25) is 0 Å². The lowest BCUT2D eigenvalue weighted by molar-refractivity contribution is 0.0893. The van der Waals surface area contributed by atoms with Gasteiger partial charge >= 0.3 is 0 Å². The van der Waals surface area contributed by atoms with E-state index in [-0.39, 0.29) is 0 Å². The molecule has 1 atom stereocenters. The summed E-state index contributed by atoms with van der Waals surface area (Å²) in [5, 5.41) is 3.35. The molecule has 1 N–H and O–H groups in total. The summed E-state index contributed by atoms with van der Waals surface area (Å²) in [7, 11) is 3.75. The average molecular weight is 364 g/mol. The number of methoxy groups -OCH3 is 1. The standard InChI is InChI=1S/C20H33N3O3/c1-4-21-20(22-11-7-12-25-15-17-10-13-26-16-17)23(2)14-18-8-5-6-9-19(18)24-3/h5-6,8-9,17H,4,7,10-16H2,1-3H3,(H,21,22). The molecule has 0 aromatic heterocycles. The summed E-state index contributed by atoms with van der Waals surface area (Å²) >= 11 is 0. The Bertz CT molecular complexity index is 545. The van der Waals surface area contributed by atoms with E-state index in [2.05, 4.69) is 23.2 Å². The Morgan fingerprint density at radius 1 is 1.38 bits per heavy atom. The van der Waals surface area contributed by atoms with Gasteiger partial charge in [-0.1, -0.05) is 18.2 Å². The van der Waals surface area contributed by atoms with Crippen molar-refractivity contribution in [1.29, 1.82) is 0 Å². The van der Waals surface area contributed by atoms with Gasteiger partial charge in [-0.2, -0.15) is 0 Å². The van der Waals surface area contributed by atoms with Gasteiger partial charge in [-0.25, -0.2) is 0 Å². The highest BCUT2D eigenvalue weighted by Gasteiger charge is 2.15. The minimum atomic E-state index is 0.572. The van der Waals surface area contributed by atoms with Crippen LogP contribution in [0.15, 0.2) is 29.3 Å². The van der Waals surface area contributed by atoms with Crippen LogP contribution >= 0.6 is 0 Å². The van der Waals surface area contributed by atoms with Crippen molar-refractivity contribution in [3.8, 4) is 5.75 Å². The van der Waals surface area contributed by atoms with Gasteiger partial charge in [-0.3, -0.25) is 4.99 Å². The summed E-state index contributed by atoms with van der Waals surface area (Å²) in [6, 6.07) is 8.08. The molecule has 1 aromatic carbocycles. The van der Waals surface area contributed by atoms with Crippen molar-refractivity contribution in [2.75, 3.05) is 53.7 Å². The van der Waals surface area contributed by atoms with E-state index in [0.29, 0.717) is 5.92 Å². The van der Waals surface area contributed by atoms with Crippen LogP contribution in [0.4, 0.5) is 0 Å². The molecule has 0 saturated carbocycles. The van der Waals surface area contributed by atoms with Gasteiger partial charge in [0.25, 0.3) is 0 Å². The molecular formula is C20H33N3O3. The minimum Gasteiger partial charge on any atom is -0.496 e. The third kappa shape index (κ3) is 6.84. The summed E-state index contributed by atoms with van der Waals surface area (Å²) < 4.78 is 16.5. The van der Waals surface area contributed by atoms with Crippen LogP contribution in [-0.4, -0.2) is 64.5 Å². The fourth-order valence-corrected chi connectivity index (χ4v) is 2.95. The predicted octanol–water partition coefficient (Wildman–Crippen LogP) is 2.54. The van der Waals surface area contributed by atoms with Crippen LogP contribution in [0.2, 0.25) is 0 Å². The molecule has 0 radical (unpaired) electrons. The van der Waals surface area contributed by atoms with E-state index in [1.54, 1.807) is 7.11 Å². The minimum absolute atomic E-state index is 0.572. The van der Waals surface area contributed by atoms with Gasteiger partial charge in [0.05, 0.1) is 20.3 Å². The first kappa shape index (κ1) is 20.5. The van der Waals surface area contributed by atoms with Crippen molar-refractivity contribution in [3.05, 3.63) is 29.8 Å². The van der Waals surface area contributed by atoms with Crippen molar-refractivity contribution in [2.45, 2.75) is 26.3 Å². The molecule has 1 aromatic rings. The SMILES string of the molecule is CCNC(=NCCCOCC1CCOC1)N(C)Cc1ccccc1OC. The number of aliphatic imine (C=N–C) groups is 1. The molecular weight excluding hydrogens is 330 g/mol. The molecule has 0 bridgehead atoms. The van der Waals surface area contributed by atoms with Gasteiger partial charge in [-0.05, 0) is 25.8 Å². The maximum Gasteiger partial charge on any atom is 0.193 e. The summed E-state index contributed by atoms with van der Waals surface area (Å²) in [5.41, 5.74) is 1.14. The molecule has 1 fully saturated rings. The highest BCUT2D eigenvalue weighted by atomic mass is 16.5. The smallest absolute Gasteiger partial charge is 0.193 e. The first-order chi connectivity index (χ1) is 12.7. The fourth-order valence-electron chi connectivity index (χ4n) is 2.95. The van der Waals surface area contributed by atoms with Crippen LogP contribution in [0.5, 0.6) is 5.75 Å². The first-order valence-electron chi connectivity index (χ1n) is 9.51. The molecule has 1 unspecified atom stereocenters. The summed E-state index contributed by atoms with van der Waals surface area (Å²) in [6.45, 7) is 7.69. The van der Waals surface area contributed by atoms with Crippen molar-refractivity contribution < 1.29 is 14.2 Å². The zero-order valence-electron chi connectivity index (χ0n) is 16.4. The third-order valence-corrected chi connectivity index (χ3v) is 4.38. The van der Waals surface area contributed by atoms with E-state index in [0.717, 1.165) is 76.2 Å². The van der Waals surface area contributed by atoms with E-state index in [1.165, 1.54) is 0 Å². The van der Waals surface area contributed by atoms with Crippen molar-refractivity contribution in [1.82, 2.24) is 10.2 Å². The monoisotopic (exact) mass is 363 g/mol. The average Bonchev–Trinajstić information content (AvgIpc) is 3.17. The molecule has 1 heterocycles. The number of para-hydroxylation sites is 1. The lowest BCUT2D eigenvalue weighted by atomic mass is 10.1. The molecule has 6 nitrogen and oxygen atoms in total. The largest absolute Gasteiger partial charge is 0.496 e. The van der Waals surface area contributed by atoms with Gasteiger partial charge in [-0.15, -0.1) is 0 Å². The van der Waals surface area contributed by atoms with Crippen LogP contribution in [0.25, 0.3) is 0 Å². The quantitative estimate of drug-likeness (QED) is 0.393. The Labute approximate surface area is 157 Å². The molecule has 0 aliphatic carbocycles. The summed E-state index contributed by atoms with van der Waals surface area (Å²) in [6.07, 6.45) is 2.04. The number of hydrogen-bond acceptors (Lipinski definition) is 4. The molecule has 0 amide bonds. The fraction of sp³-hybridized carbons (Fsp3) is 0.650. The van der Waals surface area contributed by atoms with Crippen LogP contribution in [0.3, 0.4) is 0 Å². The maximum absolute atomic E-state index is 5.75. The van der Waals surface area contributed by atoms with Gasteiger partial charge in [0.15, 0.2) is 5.96 Å². The predicted molar refractivity (Wildman–Crippen MR) is 105 cm³/mol. The normalized spacial score (nSPS) is 17.3. The Morgan fingerprint density at radius 3 is 2.96 bits per heavy atom. The molecule has 1 saturated heterocycles. The molecule has 0 spiro atoms. The molecule has 146 valence electrons. The van der Waals surface area contributed by atoms with Crippen LogP contribution < -0.4 is 10.1 Å². The van der Waals surface area contributed by atoms with E-state index in [4.69, 9.17) is 19.2 Å². The molecule has 2 rings (SSSR count). The van der Waals surface area contributed by atoms with E-state index in [1.807, 2.05) is 25.2 Å². The number of ether oxygens (including phenoxy) is 3. The zero-order chi connectivity index (χ0) is 18.6. The van der Waals surface area contributed by atoms with Crippen molar-refractivity contribution in [2.24, 2.45) is 10.9 Å². The molecule has 6 heteroatoms. The maximum atomic E-state index is 5.75. The summed E-state index contributed by atoms with van der Waals surface area (Å²) in [5.74, 6) is 2.38. The van der Waals surface area contributed by atoms with Crippen LogP contribution in [0.1, 0.15) is 25.3 Å². The van der Waals surface area contributed by atoms with Crippen LogP contribution in [0, 0.1) is 5.92 Å². The Morgan fingerprint density at radius 2 is 2.23 bits per heavy atom. The topological polar surface area (TPSA) is 55.3 Å². The Hall–Kier alpha value is -1.79. The Kier molecular flexibility index (Phi) is 9.28.